The van der Waals surface area contributed by atoms with Crippen LogP contribution in [0.15, 0.2) is 30.3 Å². The number of hydrogen-bond acceptors (Lipinski definition) is 1. The van der Waals surface area contributed by atoms with Crippen LogP contribution in [0.5, 0.6) is 0 Å². The number of carbonyl (C=O) groups is 1. The largest absolute Gasteiger partial charge is 0.287 e. The van der Waals surface area contributed by atoms with E-state index in [0.717, 1.165) is 12.0 Å². The molecule has 0 fully saturated rings. The summed E-state index contributed by atoms with van der Waals surface area (Å²) in [4.78, 5) is 11.0. The van der Waals surface area contributed by atoms with E-state index in [-0.39, 0.29) is 11.0 Å². The molecule has 0 radical (unpaired) electrons. The quantitative estimate of drug-likeness (QED) is 0.708. The third kappa shape index (κ3) is 2.11. The normalized spacial score (nSPS) is 12.5. The molecule has 1 aromatic carbocycles. The van der Waals surface area contributed by atoms with Crippen LogP contribution in [0.25, 0.3) is 0 Å². The molecule has 64 valence electrons. The molecule has 0 aliphatic carbocycles. The molecule has 1 rings (SSSR count). The zero-order chi connectivity index (χ0) is 8.97. The van der Waals surface area contributed by atoms with Crippen LogP contribution in [0.1, 0.15) is 24.8 Å². The molecule has 0 aromatic heterocycles. The monoisotopic (exact) mass is 180 g/mol. The van der Waals surface area contributed by atoms with Gasteiger partial charge in [-0.2, -0.15) is 0 Å². The van der Waals surface area contributed by atoms with Gasteiger partial charge < -0.3 is 0 Å². The van der Waals surface area contributed by atoms with E-state index in [4.69, 9.17) is 0 Å². The van der Waals surface area contributed by atoms with Gasteiger partial charge in [-0.05, 0) is 12.0 Å². The second-order valence-corrected chi connectivity index (χ2v) is 3.15. The van der Waals surface area contributed by atoms with Crippen molar-refractivity contribution in [3.8, 4) is 0 Å². The van der Waals surface area contributed by atoms with E-state index < -0.39 is 0 Å². The predicted octanol–water partition coefficient (Wildman–Crippen LogP) is 2.64. The van der Waals surface area contributed by atoms with Crippen molar-refractivity contribution in [2.45, 2.75) is 19.3 Å². The zero-order valence-corrected chi connectivity index (χ0v) is 7.92. The van der Waals surface area contributed by atoms with Gasteiger partial charge in [-0.25, -0.2) is 0 Å². The van der Waals surface area contributed by atoms with Crippen LogP contribution in [0.3, 0.4) is 0 Å². The molecule has 2 heteroatoms. The first-order chi connectivity index (χ1) is 5.75. The lowest BCUT2D eigenvalue weighted by molar-refractivity contribution is -0.112. The summed E-state index contributed by atoms with van der Waals surface area (Å²) < 4.78 is 0. The molecule has 0 aliphatic heterocycles. The van der Waals surface area contributed by atoms with Gasteiger partial charge in [0.1, 0.15) is 0 Å². The molecule has 0 aliphatic rings. The Kier molecular flexibility index (Phi) is 3.35. The Morgan fingerprint density at radius 3 is 2.42 bits per heavy atom. The van der Waals surface area contributed by atoms with Crippen LogP contribution in [-0.2, 0) is 4.79 Å². The highest BCUT2D eigenvalue weighted by Gasteiger charge is 2.13. The van der Waals surface area contributed by atoms with Crippen molar-refractivity contribution >= 4 is 17.7 Å². The summed E-state index contributed by atoms with van der Waals surface area (Å²) in [7, 11) is 0. The fourth-order valence-electron chi connectivity index (χ4n) is 1.24. The molecule has 1 nitrogen and oxygen atoms in total. The molecular weight excluding hydrogens is 168 g/mol. The second kappa shape index (κ2) is 4.31. The molecule has 12 heavy (non-hydrogen) atoms. The fraction of sp³-hybridized carbons (Fsp3) is 0.300. The maximum Gasteiger partial charge on any atom is 0.193 e. The Morgan fingerprint density at radius 1 is 1.42 bits per heavy atom. The highest BCUT2D eigenvalue weighted by Crippen LogP contribution is 2.21. The van der Waals surface area contributed by atoms with Crippen molar-refractivity contribution in [1.29, 1.82) is 0 Å². The number of thiol groups is 1. The first-order valence-corrected chi connectivity index (χ1v) is 4.48. The molecular formula is C10H12OS. The van der Waals surface area contributed by atoms with Crippen molar-refractivity contribution in [2.75, 3.05) is 0 Å². The summed E-state index contributed by atoms with van der Waals surface area (Å²) >= 11 is 3.85. The first kappa shape index (κ1) is 9.33. The number of hydrogen-bond donors (Lipinski definition) is 1. The molecule has 0 heterocycles. The smallest absolute Gasteiger partial charge is 0.193 e. The summed E-state index contributed by atoms with van der Waals surface area (Å²) in [6.45, 7) is 1.99. The van der Waals surface area contributed by atoms with E-state index in [1.807, 2.05) is 37.3 Å². The van der Waals surface area contributed by atoms with Crippen LogP contribution < -0.4 is 0 Å². The van der Waals surface area contributed by atoms with Crippen LogP contribution in [0, 0.1) is 0 Å². The van der Waals surface area contributed by atoms with Crippen molar-refractivity contribution < 1.29 is 4.79 Å². The number of carbonyl (C=O) groups excluding carboxylic acids is 1. The minimum absolute atomic E-state index is 0.0467. The minimum atomic E-state index is -0.0521. The molecule has 0 bridgehead atoms. The maximum absolute atomic E-state index is 11.0. The first-order valence-electron chi connectivity index (χ1n) is 4.03. The molecule has 0 spiro atoms. The number of benzene rings is 1. The summed E-state index contributed by atoms with van der Waals surface area (Å²) in [5, 5.41) is -0.0521. The summed E-state index contributed by atoms with van der Waals surface area (Å²) in [5.74, 6) is -0.0467. The topological polar surface area (TPSA) is 17.1 Å². The van der Waals surface area contributed by atoms with Gasteiger partial charge in [-0.3, -0.25) is 4.79 Å². The molecule has 1 unspecified atom stereocenters. The van der Waals surface area contributed by atoms with E-state index >= 15 is 0 Å². The van der Waals surface area contributed by atoms with E-state index in [9.17, 15) is 4.79 Å². The van der Waals surface area contributed by atoms with E-state index in [0.29, 0.717) is 0 Å². The lowest BCUT2D eigenvalue weighted by Gasteiger charge is -2.09. The maximum atomic E-state index is 11.0. The van der Waals surface area contributed by atoms with Gasteiger partial charge in [0.05, 0.1) is 5.92 Å². The lowest BCUT2D eigenvalue weighted by Crippen LogP contribution is -2.04. The third-order valence-electron chi connectivity index (χ3n) is 1.91. The molecule has 0 amide bonds. The number of rotatable bonds is 3. The minimum Gasteiger partial charge on any atom is -0.287 e. The van der Waals surface area contributed by atoms with Crippen LogP contribution in [-0.4, -0.2) is 5.12 Å². The van der Waals surface area contributed by atoms with E-state index in [1.165, 1.54) is 0 Å². The molecule has 0 saturated carbocycles. The molecule has 1 atom stereocenters. The Balaban J connectivity index is 2.88. The highest BCUT2D eigenvalue weighted by molar-refractivity contribution is 7.96. The predicted molar refractivity (Wildman–Crippen MR) is 53.5 cm³/mol. The molecule has 0 saturated heterocycles. The summed E-state index contributed by atoms with van der Waals surface area (Å²) in [6, 6.07) is 9.74. The average Bonchev–Trinajstić information content (AvgIpc) is 2.07. The van der Waals surface area contributed by atoms with Crippen molar-refractivity contribution in [3.05, 3.63) is 35.9 Å². The Morgan fingerprint density at radius 2 is 2.00 bits per heavy atom. The van der Waals surface area contributed by atoms with E-state index in [1.54, 1.807) is 0 Å². The molecule has 0 N–H and O–H groups in total. The fourth-order valence-corrected chi connectivity index (χ4v) is 1.57. The Hall–Kier alpha value is -0.760. The van der Waals surface area contributed by atoms with Gasteiger partial charge in [-0.1, -0.05) is 37.3 Å². The Bertz CT molecular complexity index is 256. The summed E-state index contributed by atoms with van der Waals surface area (Å²) in [5.41, 5.74) is 1.06. The third-order valence-corrected chi connectivity index (χ3v) is 2.22. The van der Waals surface area contributed by atoms with Gasteiger partial charge in [0.25, 0.3) is 0 Å². The standard InChI is InChI=1S/C10H12OS/c1-2-9(10(11)12)8-6-4-3-5-7-8/h3-7,9H,2H2,1H3,(H,11,12). The van der Waals surface area contributed by atoms with E-state index in [2.05, 4.69) is 12.6 Å². The van der Waals surface area contributed by atoms with Gasteiger partial charge in [-0.15, -0.1) is 12.6 Å². The van der Waals surface area contributed by atoms with Gasteiger partial charge in [0.15, 0.2) is 5.12 Å². The van der Waals surface area contributed by atoms with Crippen molar-refractivity contribution in [1.82, 2.24) is 0 Å². The summed E-state index contributed by atoms with van der Waals surface area (Å²) in [6.07, 6.45) is 0.812. The van der Waals surface area contributed by atoms with Crippen LogP contribution in [0.2, 0.25) is 0 Å². The Labute approximate surface area is 78.2 Å². The van der Waals surface area contributed by atoms with Gasteiger partial charge in [0.2, 0.25) is 0 Å². The molecule has 1 aromatic rings. The van der Waals surface area contributed by atoms with Gasteiger partial charge >= 0.3 is 0 Å². The average molecular weight is 180 g/mol. The van der Waals surface area contributed by atoms with Crippen molar-refractivity contribution in [3.63, 3.8) is 0 Å². The zero-order valence-electron chi connectivity index (χ0n) is 7.03. The van der Waals surface area contributed by atoms with Gasteiger partial charge in [0, 0.05) is 0 Å². The van der Waals surface area contributed by atoms with Crippen molar-refractivity contribution in [2.24, 2.45) is 0 Å². The SMILES string of the molecule is CCC(C(=O)S)c1ccccc1. The lowest BCUT2D eigenvalue weighted by atomic mass is 9.98. The highest BCUT2D eigenvalue weighted by atomic mass is 32.1. The van der Waals surface area contributed by atoms with Crippen LogP contribution >= 0.6 is 12.6 Å². The van der Waals surface area contributed by atoms with Crippen LogP contribution in [0.4, 0.5) is 0 Å². The second-order valence-electron chi connectivity index (χ2n) is 2.71.